The van der Waals surface area contributed by atoms with Gasteiger partial charge in [-0.15, -0.1) is 0 Å². The van der Waals surface area contributed by atoms with Gasteiger partial charge < -0.3 is 14.5 Å². The fraction of sp³-hybridized carbons (Fsp3) is 0.429. The molecule has 1 saturated heterocycles. The monoisotopic (exact) mass is 259 g/mol. The molecule has 0 aliphatic carbocycles. The van der Waals surface area contributed by atoms with Crippen LogP contribution in [0.15, 0.2) is 30.6 Å². The molecule has 1 aliphatic rings. The maximum Gasteiger partial charge on any atom is 0.271 e. The fourth-order valence-corrected chi connectivity index (χ4v) is 2.41. The van der Waals surface area contributed by atoms with E-state index < -0.39 is 0 Å². The minimum atomic E-state index is -0.147. The second kappa shape index (κ2) is 5.01. The first-order chi connectivity index (χ1) is 9.24. The fourth-order valence-electron chi connectivity index (χ4n) is 2.41. The lowest BCUT2D eigenvalue weighted by atomic mass is 10.1. The second-order valence-corrected chi connectivity index (χ2v) is 4.91. The number of nitrogens with zero attached hydrogens (tertiary/aromatic N) is 2. The van der Waals surface area contributed by atoms with Crippen LogP contribution in [0.2, 0.25) is 0 Å². The Kier molecular flexibility index (Phi) is 3.21. The molecule has 0 spiro atoms. The highest BCUT2D eigenvalue weighted by atomic mass is 16.5. The molecule has 0 saturated carbocycles. The van der Waals surface area contributed by atoms with Gasteiger partial charge in [0.1, 0.15) is 11.3 Å². The van der Waals surface area contributed by atoms with Crippen molar-refractivity contribution in [3.63, 3.8) is 0 Å². The number of nitrogens with one attached hydrogen (secondary N) is 1. The minimum absolute atomic E-state index is 0.0137. The number of imidazole rings is 1. The third kappa shape index (κ3) is 2.46. The van der Waals surface area contributed by atoms with Gasteiger partial charge in [0.25, 0.3) is 5.91 Å². The Morgan fingerprint density at radius 3 is 3.21 bits per heavy atom. The number of rotatable bonds is 3. The van der Waals surface area contributed by atoms with E-state index in [0.717, 1.165) is 25.1 Å². The average molecular weight is 259 g/mol. The summed E-state index contributed by atoms with van der Waals surface area (Å²) in [6.45, 7) is 2.77. The Morgan fingerprint density at radius 1 is 1.58 bits per heavy atom. The summed E-state index contributed by atoms with van der Waals surface area (Å²) >= 11 is 0. The number of pyridine rings is 1. The van der Waals surface area contributed by atoms with Crippen LogP contribution in [0.5, 0.6) is 0 Å². The molecule has 1 fully saturated rings. The van der Waals surface area contributed by atoms with E-state index in [1.54, 1.807) is 6.20 Å². The Hall–Kier alpha value is -1.88. The average Bonchev–Trinajstić information content (AvgIpc) is 3.07. The molecule has 2 atom stereocenters. The van der Waals surface area contributed by atoms with E-state index in [4.69, 9.17) is 4.74 Å². The molecule has 0 radical (unpaired) electrons. The van der Waals surface area contributed by atoms with Crippen molar-refractivity contribution in [2.45, 2.75) is 31.9 Å². The van der Waals surface area contributed by atoms with Gasteiger partial charge in [-0.3, -0.25) is 4.79 Å². The van der Waals surface area contributed by atoms with Gasteiger partial charge in [0.15, 0.2) is 0 Å². The van der Waals surface area contributed by atoms with Gasteiger partial charge in [-0.1, -0.05) is 6.07 Å². The van der Waals surface area contributed by atoms with Crippen LogP contribution in [0.4, 0.5) is 0 Å². The van der Waals surface area contributed by atoms with Crippen LogP contribution in [0.1, 0.15) is 30.3 Å². The molecule has 3 rings (SSSR count). The van der Waals surface area contributed by atoms with Crippen LogP contribution in [0, 0.1) is 0 Å². The van der Waals surface area contributed by atoms with E-state index in [9.17, 15) is 4.79 Å². The predicted octanol–water partition coefficient (Wildman–Crippen LogP) is 1.63. The number of carbonyl (C=O) groups is 1. The normalized spacial score (nSPS) is 20.6. The van der Waals surface area contributed by atoms with Crippen molar-refractivity contribution < 1.29 is 9.53 Å². The van der Waals surface area contributed by atoms with Crippen molar-refractivity contribution in [1.29, 1.82) is 0 Å². The van der Waals surface area contributed by atoms with E-state index in [1.807, 2.05) is 35.7 Å². The molecule has 5 nitrogen and oxygen atoms in total. The highest BCUT2D eigenvalue weighted by Crippen LogP contribution is 2.15. The number of aromatic nitrogens is 2. The van der Waals surface area contributed by atoms with Crippen molar-refractivity contribution in [1.82, 2.24) is 14.7 Å². The quantitative estimate of drug-likeness (QED) is 0.911. The van der Waals surface area contributed by atoms with E-state index in [1.165, 1.54) is 0 Å². The Labute approximate surface area is 111 Å². The first-order valence-corrected chi connectivity index (χ1v) is 6.60. The summed E-state index contributed by atoms with van der Waals surface area (Å²) in [7, 11) is 0. The van der Waals surface area contributed by atoms with Gasteiger partial charge in [0, 0.05) is 19.0 Å². The molecule has 2 aromatic rings. The molecule has 0 aromatic carbocycles. The van der Waals surface area contributed by atoms with Crippen LogP contribution in [0.3, 0.4) is 0 Å². The van der Waals surface area contributed by atoms with Crippen LogP contribution < -0.4 is 5.32 Å². The Balaban J connectivity index is 1.72. The number of hydrogen-bond donors (Lipinski definition) is 1. The number of hydrogen-bond acceptors (Lipinski definition) is 3. The molecule has 0 unspecified atom stereocenters. The highest BCUT2D eigenvalue weighted by Gasteiger charge is 2.24. The van der Waals surface area contributed by atoms with Gasteiger partial charge in [0.05, 0.1) is 12.1 Å². The molecule has 19 heavy (non-hydrogen) atoms. The predicted molar refractivity (Wildman–Crippen MR) is 71.1 cm³/mol. The standard InChI is InChI=1S/C14H17N3O2/c1-10(12-5-4-8-19-12)15-14(18)11-9-17-7-3-2-6-13(17)16-11/h2-3,6-7,9-10,12H,4-5,8H2,1H3,(H,15,18)/t10-,12-/m1/s1. The third-order valence-corrected chi connectivity index (χ3v) is 3.48. The highest BCUT2D eigenvalue weighted by molar-refractivity contribution is 5.93. The van der Waals surface area contributed by atoms with Crippen molar-refractivity contribution in [2.24, 2.45) is 0 Å². The van der Waals surface area contributed by atoms with Crippen LogP contribution in [-0.4, -0.2) is 34.0 Å². The summed E-state index contributed by atoms with van der Waals surface area (Å²) < 4.78 is 7.41. The van der Waals surface area contributed by atoms with Gasteiger partial charge in [-0.2, -0.15) is 0 Å². The van der Waals surface area contributed by atoms with Crippen LogP contribution in [0.25, 0.3) is 5.65 Å². The van der Waals surface area contributed by atoms with Crippen molar-refractivity contribution in [2.75, 3.05) is 6.61 Å². The Morgan fingerprint density at radius 2 is 2.47 bits per heavy atom. The molecule has 2 aromatic heterocycles. The first kappa shape index (κ1) is 12.2. The molecule has 0 bridgehead atoms. The van der Waals surface area contributed by atoms with Crippen molar-refractivity contribution in [3.8, 4) is 0 Å². The molecular formula is C14H17N3O2. The number of carbonyl (C=O) groups excluding carboxylic acids is 1. The molecule has 1 N–H and O–H groups in total. The van der Waals surface area contributed by atoms with Gasteiger partial charge in [-0.05, 0) is 31.9 Å². The molecular weight excluding hydrogens is 242 g/mol. The van der Waals surface area contributed by atoms with E-state index in [2.05, 4.69) is 10.3 Å². The van der Waals surface area contributed by atoms with Crippen molar-refractivity contribution in [3.05, 3.63) is 36.3 Å². The van der Waals surface area contributed by atoms with Crippen LogP contribution in [-0.2, 0) is 4.74 Å². The zero-order chi connectivity index (χ0) is 13.2. The molecule has 1 amide bonds. The molecule has 1 aliphatic heterocycles. The summed E-state index contributed by atoms with van der Waals surface area (Å²) in [6, 6.07) is 5.70. The topological polar surface area (TPSA) is 55.6 Å². The molecule has 5 heteroatoms. The van der Waals surface area contributed by atoms with Gasteiger partial charge in [-0.25, -0.2) is 4.98 Å². The lowest BCUT2D eigenvalue weighted by Gasteiger charge is -2.19. The number of amides is 1. The summed E-state index contributed by atoms with van der Waals surface area (Å²) in [4.78, 5) is 16.4. The van der Waals surface area contributed by atoms with E-state index in [-0.39, 0.29) is 18.1 Å². The van der Waals surface area contributed by atoms with Crippen molar-refractivity contribution >= 4 is 11.6 Å². The van der Waals surface area contributed by atoms with E-state index >= 15 is 0 Å². The molecule has 100 valence electrons. The minimum Gasteiger partial charge on any atom is -0.376 e. The van der Waals surface area contributed by atoms with Crippen LogP contribution >= 0.6 is 0 Å². The molecule has 3 heterocycles. The summed E-state index contributed by atoms with van der Waals surface area (Å²) in [5.41, 5.74) is 1.22. The SMILES string of the molecule is C[C@@H](NC(=O)c1cn2ccccc2n1)[C@H]1CCCO1. The first-order valence-electron chi connectivity index (χ1n) is 6.60. The summed E-state index contributed by atoms with van der Waals surface area (Å²) in [5, 5.41) is 2.96. The second-order valence-electron chi connectivity index (χ2n) is 4.91. The van der Waals surface area contributed by atoms with E-state index in [0.29, 0.717) is 5.69 Å². The number of ether oxygens (including phenoxy) is 1. The smallest absolute Gasteiger partial charge is 0.271 e. The zero-order valence-corrected chi connectivity index (χ0v) is 10.9. The lowest BCUT2D eigenvalue weighted by molar-refractivity contribution is 0.0710. The Bertz CT molecular complexity index is 554. The van der Waals surface area contributed by atoms with Gasteiger partial charge >= 0.3 is 0 Å². The number of fused-ring (bicyclic) bond motifs is 1. The summed E-state index contributed by atoms with van der Waals surface area (Å²) in [5.74, 6) is -0.147. The largest absolute Gasteiger partial charge is 0.376 e. The lowest BCUT2D eigenvalue weighted by Crippen LogP contribution is -2.40. The maximum absolute atomic E-state index is 12.1. The summed E-state index contributed by atoms with van der Waals surface area (Å²) in [6.07, 6.45) is 5.82. The van der Waals surface area contributed by atoms with Gasteiger partial charge in [0.2, 0.25) is 0 Å². The maximum atomic E-state index is 12.1. The third-order valence-electron chi connectivity index (χ3n) is 3.48. The zero-order valence-electron chi connectivity index (χ0n) is 10.9.